The van der Waals surface area contributed by atoms with Gasteiger partial charge in [0.15, 0.2) is 0 Å². The third kappa shape index (κ3) is 2.13. The van der Waals surface area contributed by atoms with Gasteiger partial charge in [0.1, 0.15) is 11.1 Å². The predicted octanol–water partition coefficient (Wildman–Crippen LogP) is 2.81. The lowest BCUT2D eigenvalue weighted by Gasteiger charge is -2.07. The fraction of sp³-hybridized carbons (Fsp3) is 0.300. The molecule has 0 spiro atoms. The maximum absolute atomic E-state index is 8.59. The van der Waals surface area contributed by atoms with Crippen LogP contribution in [0.2, 0.25) is 0 Å². The molecule has 13 heavy (non-hydrogen) atoms. The van der Waals surface area contributed by atoms with E-state index in [1.807, 2.05) is 25.1 Å². The minimum atomic E-state index is -0.579. The van der Waals surface area contributed by atoms with Gasteiger partial charge in [0, 0.05) is 0 Å². The molecule has 2 nitrogen and oxygen atoms in total. The molecule has 0 saturated carbocycles. The van der Waals surface area contributed by atoms with E-state index < -0.39 is 5.38 Å². The first-order chi connectivity index (χ1) is 6.19. The summed E-state index contributed by atoms with van der Waals surface area (Å²) in [4.78, 5) is 0. The Kier molecular flexibility index (Phi) is 3.16. The highest BCUT2D eigenvalue weighted by Crippen LogP contribution is 2.25. The molecule has 0 aliphatic rings. The summed E-state index contributed by atoms with van der Waals surface area (Å²) in [6.45, 7) is 1.92. The van der Waals surface area contributed by atoms with Gasteiger partial charge in [0.05, 0.1) is 13.2 Å². The number of hydrogen-bond donors (Lipinski definition) is 0. The molecule has 0 aromatic heterocycles. The van der Waals surface area contributed by atoms with Gasteiger partial charge in [0.2, 0.25) is 0 Å². The zero-order valence-corrected chi connectivity index (χ0v) is 8.30. The maximum atomic E-state index is 8.59. The van der Waals surface area contributed by atoms with Crippen LogP contribution >= 0.6 is 11.6 Å². The Bertz CT molecular complexity index is 343. The number of benzene rings is 1. The number of aryl methyl sites for hydroxylation is 1. The number of halogens is 1. The first-order valence-electron chi connectivity index (χ1n) is 3.87. The highest BCUT2D eigenvalue weighted by Gasteiger charge is 2.07. The van der Waals surface area contributed by atoms with Crippen molar-refractivity contribution in [3.05, 3.63) is 29.3 Å². The largest absolute Gasteiger partial charge is 0.496 e. The van der Waals surface area contributed by atoms with Crippen LogP contribution in [0.1, 0.15) is 16.5 Å². The van der Waals surface area contributed by atoms with Crippen LogP contribution in [0.4, 0.5) is 0 Å². The van der Waals surface area contributed by atoms with Crippen LogP contribution in [0.25, 0.3) is 0 Å². The first-order valence-corrected chi connectivity index (χ1v) is 4.31. The quantitative estimate of drug-likeness (QED) is 0.680. The molecule has 0 bridgehead atoms. The summed E-state index contributed by atoms with van der Waals surface area (Å²) < 4.78 is 5.09. The van der Waals surface area contributed by atoms with Gasteiger partial charge in [-0.1, -0.05) is 6.07 Å². The molecule has 0 N–H and O–H groups in total. The van der Waals surface area contributed by atoms with E-state index in [-0.39, 0.29) is 0 Å². The van der Waals surface area contributed by atoms with Crippen LogP contribution in [0.3, 0.4) is 0 Å². The number of alkyl halides is 1. The third-order valence-corrected chi connectivity index (χ3v) is 2.17. The van der Waals surface area contributed by atoms with Gasteiger partial charge in [-0.2, -0.15) is 5.26 Å². The Balaban J connectivity index is 3.04. The van der Waals surface area contributed by atoms with Crippen molar-refractivity contribution in [3.63, 3.8) is 0 Å². The summed E-state index contributed by atoms with van der Waals surface area (Å²) in [6.07, 6.45) is 0. The van der Waals surface area contributed by atoms with E-state index >= 15 is 0 Å². The molecule has 0 amide bonds. The minimum Gasteiger partial charge on any atom is -0.496 e. The van der Waals surface area contributed by atoms with Gasteiger partial charge in [-0.05, 0) is 30.2 Å². The lowest BCUT2D eigenvalue weighted by Crippen LogP contribution is -1.91. The smallest absolute Gasteiger partial charge is 0.145 e. The molecule has 1 aromatic rings. The molecular weight excluding hydrogens is 186 g/mol. The van der Waals surface area contributed by atoms with E-state index in [2.05, 4.69) is 0 Å². The fourth-order valence-electron chi connectivity index (χ4n) is 1.13. The Hall–Kier alpha value is -1.20. The molecule has 1 rings (SSSR count). The molecule has 0 aliphatic carbocycles. The van der Waals surface area contributed by atoms with Crippen molar-refractivity contribution in [1.29, 1.82) is 5.26 Å². The van der Waals surface area contributed by atoms with Crippen molar-refractivity contribution in [2.24, 2.45) is 0 Å². The highest BCUT2D eigenvalue weighted by atomic mass is 35.5. The van der Waals surface area contributed by atoms with E-state index in [1.54, 1.807) is 13.2 Å². The van der Waals surface area contributed by atoms with Gasteiger partial charge < -0.3 is 4.74 Å². The predicted molar refractivity (Wildman–Crippen MR) is 51.9 cm³/mol. The zero-order chi connectivity index (χ0) is 9.84. The standard InChI is InChI=1S/C10H10ClNO/c1-7-5-8(9(11)6-12)3-4-10(7)13-2/h3-5,9H,1-2H3. The molecule has 3 heteroatoms. The number of ether oxygens (including phenoxy) is 1. The molecule has 0 aliphatic heterocycles. The first kappa shape index (κ1) is 9.88. The molecular formula is C10H10ClNO. The van der Waals surface area contributed by atoms with Gasteiger partial charge in [-0.3, -0.25) is 0 Å². The second-order valence-electron chi connectivity index (χ2n) is 2.72. The number of hydrogen-bond acceptors (Lipinski definition) is 2. The average Bonchev–Trinajstić information content (AvgIpc) is 2.16. The second kappa shape index (κ2) is 4.15. The molecule has 0 radical (unpaired) electrons. The van der Waals surface area contributed by atoms with Crippen molar-refractivity contribution < 1.29 is 4.74 Å². The fourth-order valence-corrected chi connectivity index (χ4v) is 1.27. The Morgan fingerprint density at radius 1 is 1.54 bits per heavy atom. The minimum absolute atomic E-state index is 0.579. The van der Waals surface area contributed by atoms with E-state index in [0.29, 0.717) is 0 Å². The SMILES string of the molecule is COc1ccc(C(Cl)C#N)cc1C. The number of nitriles is 1. The van der Waals surface area contributed by atoms with Crippen molar-refractivity contribution in [2.75, 3.05) is 7.11 Å². The van der Waals surface area contributed by atoms with Crippen molar-refractivity contribution >= 4 is 11.6 Å². The summed E-state index contributed by atoms with van der Waals surface area (Å²) in [5, 5.41) is 8.01. The van der Waals surface area contributed by atoms with Crippen LogP contribution in [0.5, 0.6) is 5.75 Å². The second-order valence-corrected chi connectivity index (χ2v) is 3.16. The van der Waals surface area contributed by atoms with Crippen molar-refractivity contribution in [1.82, 2.24) is 0 Å². The maximum Gasteiger partial charge on any atom is 0.145 e. The number of nitrogens with zero attached hydrogens (tertiary/aromatic N) is 1. The van der Waals surface area contributed by atoms with Crippen LogP contribution in [0.15, 0.2) is 18.2 Å². The Morgan fingerprint density at radius 2 is 2.23 bits per heavy atom. The van der Waals surface area contributed by atoms with Gasteiger partial charge in [-0.25, -0.2) is 0 Å². The average molecular weight is 196 g/mol. The summed E-state index contributed by atoms with van der Waals surface area (Å²) in [7, 11) is 1.62. The Labute approximate surface area is 82.7 Å². The van der Waals surface area contributed by atoms with Gasteiger partial charge in [0.25, 0.3) is 0 Å². The lowest BCUT2D eigenvalue weighted by atomic mass is 10.1. The number of rotatable bonds is 2. The van der Waals surface area contributed by atoms with E-state index in [1.165, 1.54) is 0 Å². The molecule has 1 aromatic carbocycles. The molecule has 1 atom stereocenters. The van der Waals surface area contributed by atoms with Crippen LogP contribution in [-0.4, -0.2) is 7.11 Å². The number of methoxy groups -OCH3 is 1. The Morgan fingerprint density at radius 3 is 2.69 bits per heavy atom. The zero-order valence-electron chi connectivity index (χ0n) is 7.54. The highest BCUT2D eigenvalue weighted by molar-refractivity contribution is 6.22. The van der Waals surface area contributed by atoms with E-state index in [4.69, 9.17) is 21.6 Å². The molecule has 68 valence electrons. The molecule has 0 fully saturated rings. The summed E-state index contributed by atoms with van der Waals surface area (Å²) in [6, 6.07) is 7.45. The molecule has 0 saturated heterocycles. The third-order valence-electron chi connectivity index (χ3n) is 1.82. The summed E-state index contributed by atoms with van der Waals surface area (Å²) >= 11 is 5.76. The monoisotopic (exact) mass is 195 g/mol. The molecule has 1 unspecified atom stereocenters. The summed E-state index contributed by atoms with van der Waals surface area (Å²) in [5.74, 6) is 0.811. The van der Waals surface area contributed by atoms with Crippen molar-refractivity contribution in [3.8, 4) is 11.8 Å². The van der Waals surface area contributed by atoms with Crippen LogP contribution in [0, 0.1) is 18.3 Å². The van der Waals surface area contributed by atoms with E-state index in [0.717, 1.165) is 16.9 Å². The van der Waals surface area contributed by atoms with Gasteiger partial charge in [-0.15, -0.1) is 11.6 Å². The lowest BCUT2D eigenvalue weighted by molar-refractivity contribution is 0.411. The van der Waals surface area contributed by atoms with Crippen molar-refractivity contribution in [2.45, 2.75) is 12.3 Å². The van der Waals surface area contributed by atoms with Crippen LogP contribution < -0.4 is 4.74 Å². The topological polar surface area (TPSA) is 33.0 Å². The van der Waals surface area contributed by atoms with E-state index in [9.17, 15) is 0 Å². The van der Waals surface area contributed by atoms with Gasteiger partial charge >= 0.3 is 0 Å². The molecule has 0 heterocycles. The summed E-state index contributed by atoms with van der Waals surface area (Å²) in [5.41, 5.74) is 1.79. The normalized spacial score (nSPS) is 11.8. The van der Waals surface area contributed by atoms with Crippen LogP contribution in [-0.2, 0) is 0 Å².